The monoisotopic (exact) mass is 426 g/mol. The van der Waals surface area contributed by atoms with Crippen LogP contribution in [0.2, 0.25) is 0 Å². The van der Waals surface area contributed by atoms with Crippen molar-refractivity contribution in [2.45, 2.75) is 52.6 Å². The summed E-state index contributed by atoms with van der Waals surface area (Å²) in [7, 11) is 0. The van der Waals surface area contributed by atoms with Gasteiger partial charge >= 0.3 is 0 Å². The number of carbonyl (C=O) groups is 1. The Balaban J connectivity index is 1.56. The maximum Gasteiger partial charge on any atom is 0.242 e. The van der Waals surface area contributed by atoms with Gasteiger partial charge in [-0.3, -0.25) is 4.79 Å². The lowest BCUT2D eigenvalue weighted by Gasteiger charge is -2.18. The van der Waals surface area contributed by atoms with Gasteiger partial charge < -0.3 is 5.32 Å². The Bertz CT molecular complexity index is 1210. The van der Waals surface area contributed by atoms with Gasteiger partial charge in [-0.05, 0) is 47.6 Å². The zero-order valence-corrected chi connectivity index (χ0v) is 19.2. The highest BCUT2D eigenvalue weighted by molar-refractivity contribution is 5.95. The van der Waals surface area contributed by atoms with Crippen molar-refractivity contribution in [3.05, 3.63) is 83.7 Å². The van der Waals surface area contributed by atoms with E-state index in [1.54, 1.807) is 10.9 Å². The van der Waals surface area contributed by atoms with Gasteiger partial charge in [-0.1, -0.05) is 75.4 Å². The van der Waals surface area contributed by atoms with Crippen LogP contribution in [-0.2, 0) is 11.3 Å². The van der Waals surface area contributed by atoms with Gasteiger partial charge in [-0.25, -0.2) is 9.67 Å². The normalized spacial score (nSPS) is 12.3. The molecule has 4 aromatic rings. The van der Waals surface area contributed by atoms with Crippen molar-refractivity contribution in [3.8, 4) is 11.1 Å². The fourth-order valence-corrected chi connectivity index (χ4v) is 4.16. The summed E-state index contributed by atoms with van der Waals surface area (Å²) >= 11 is 0. The number of benzene rings is 2. The third-order valence-electron chi connectivity index (χ3n) is 5.94. The van der Waals surface area contributed by atoms with E-state index in [0.717, 1.165) is 39.8 Å². The maximum atomic E-state index is 12.9. The van der Waals surface area contributed by atoms with Gasteiger partial charge in [-0.15, -0.1) is 0 Å². The molecular weight excluding hydrogens is 396 g/mol. The van der Waals surface area contributed by atoms with E-state index in [4.69, 9.17) is 0 Å². The number of carbonyl (C=O) groups excluding carboxylic acids is 1. The molecule has 1 unspecified atom stereocenters. The molecule has 164 valence electrons. The van der Waals surface area contributed by atoms with Crippen LogP contribution < -0.4 is 5.32 Å². The fourth-order valence-electron chi connectivity index (χ4n) is 4.16. The number of aromatic nitrogens is 3. The van der Waals surface area contributed by atoms with Crippen LogP contribution >= 0.6 is 0 Å². The first-order valence-corrected chi connectivity index (χ1v) is 11.2. The van der Waals surface area contributed by atoms with Crippen LogP contribution in [0.3, 0.4) is 0 Å². The smallest absolute Gasteiger partial charge is 0.242 e. The summed E-state index contributed by atoms with van der Waals surface area (Å²) < 4.78 is 1.71. The molecule has 0 saturated carbocycles. The van der Waals surface area contributed by atoms with Crippen LogP contribution in [0.15, 0.2) is 66.9 Å². The van der Waals surface area contributed by atoms with Crippen molar-refractivity contribution in [1.29, 1.82) is 0 Å². The molecule has 0 bridgehead atoms. The minimum absolute atomic E-state index is 0.0283. The Kier molecular flexibility index (Phi) is 6.35. The largest absolute Gasteiger partial charge is 0.348 e. The molecule has 0 fully saturated rings. The second-order valence-electron chi connectivity index (χ2n) is 8.52. The Hall–Kier alpha value is -3.47. The van der Waals surface area contributed by atoms with E-state index in [1.165, 1.54) is 5.56 Å². The molecule has 32 heavy (non-hydrogen) atoms. The van der Waals surface area contributed by atoms with Crippen molar-refractivity contribution in [1.82, 2.24) is 20.1 Å². The summed E-state index contributed by atoms with van der Waals surface area (Å²) in [5, 5.41) is 8.81. The number of amides is 1. The summed E-state index contributed by atoms with van der Waals surface area (Å²) in [6.07, 6.45) is 2.60. The number of hydrogen-bond acceptors (Lipinski definition) is 3. The topological polar surface area (TPSA) is 59.8 Å². The predicted octanol–water partition coefficient (Wildman–Crippen LogP) is 5.80. The SMILES string of the molecule is CCC(NC(=O)Cn1nc(C)c2c(-c3ccccc3)ccnc21)c1ccc(C(C)C)cc1. The minimum atomic E-state index is -0.0684. The Morgan fingerprint density at radius 1 is 1.00 bits per heavy atom. The van der Waals surface area contributed by atoms with Crippen molar-refractivity contribution in [2.24, 2.45) is 0 Å². The van der Waals surface area contributed by atoms with Gasteiger partial charge in [0.05, 0.1) is 11.7 Å². The third kappa shape index (κ3) is 4.42. The van der Waals surface area contributed by atoms with Crippen molar-refractivity contribution in [3.63, 3.8) is 0 Å². The van der Waals surface area contributed by atoms with Gasteiger partial charge in [0.2, 0.25) is 5.91 Å². The van der Waals surface area contributed by atoms with Crippen LogP contribution in [0.25, 0.3) is 22.2 Å². The number of pyridine rings is 1. The van der Waals surface area contributed by atoms with Crippen LogP contribution in [0.4, 0.5) is 0 Å². The average molecular weight is 427 g/mol. The van der Waals surface area contributed by atoms with Crippen molar-refractivity contribution in [2.75, 3.05) is 0 Å². The third-order valence-corrected chi connectivity index (χ3v) is 5.94. The summed E-state index contributed by atoms with van der Waals surface area (Å²) in [5.74, 6) is 0.421. The minimum Gasteiger partial charge on any atom is -0.348 e. The van der Waals surface area contributed by atoms with Gasteiger partial charge in [0.15, 0.2) is 5.65 Å². The number of aryl methyl sites for hydroxylation is 1. The molecule has 0 aliphatic carbocycles. The molecule has 1 amide bonds. The molecule has 5 heteroatoms. The van der Waals surface area contributed by atoms with Gasteiger partial charge in [0.25, 0.3) is 0 Å². The Morgan fingerprint density at radius 2 is 1.69 bits per heavy atom. The summed E-state index contributed by atoms with van der Waals surface area (Å²) in [6.45, 7) is 8.55. The molecule has 0 aliphatic rings. The fraction of sp³-hybridized carbons (Fsp3) is 0.296. The summed E-state index contributed by atoms with van der Waals surface area (Å²) in [5.41, 5.74) is 6.22. The highest BCUT2D eigenvalue weighted by atomic mass is 16.2. The number of fused-ring (bicyclic) bond motifs is 1. The predicted molar refractivity (Wildman–Crippen MR) is 129 cm³/mol. The molecule has 2 aromatic carbocycles. The standard InChI is InChI=1S/C27H30N4O/c1-5-24(22-13-11-20(12-14-22)18(2)3)29-25(32)17-31-27-26(19(4)30-31)23(15-16-28-27)21-9-7-6-8-10-21/h6-16,18,24H,5,17H2,1-4H3,(H,29,32). The zero-order valence-electron chi connectivity index (χ0n) is 19.2. The molecule has 1 atom stereocenters. The summed E-state index contributed by atoms with van der Waals surface area (Å²) in [6, 6.07) is 20.7. The lowest BCUT2D eigenvalue weighted by Crippen LogP contribution is -2.31. The second-order valence-corrected chi connectivity index (χ2v) is 8.52. The van der Waals surface area contributed by atoms with Gasteiger partial charge in [0.1, 0.15) is 6.54 Å². The molecule has 5 nitrogen and oxygen atoms in total. The molecule has 1 N–H and O–H groups in total. The maximum absolute atomic E-state index is 12.9. The first-order valence-electron chi connectivity index (χ1n) is 11.2. The van der Waals surface area contributed by atoms with E-state index < -0.39 is 0 Å². The van der Waals surface area contributed by atoms with Gasteiger partial charge in [0, 0.05) is 11.6 Å². The lowest BCUT2D eigenvalue weighted by atomic mass is 9.98. The van der Waals surface area contributed by atoms with E-state index in [9.17, 15) is 4.79 Å². The van der Waals surface area contributed by atoms with Crippen molar-refractivity contribution >= 4 is 16.9 Å². The summed E-state index contributed by atoms with van der Waals surface area (Å²) in [4.78, 5) is 17.5. The Morgan fingerprint density at radius 3 is 2.34 bits per heavy atom. The van der Waals surface area contributed by atoms with Gasteiger partial charge in [-0.2, -0.15) is 5.10 Å². The molecule has 0 aliphatic heterocycles. The first kappa shape index (κ1) is 21.8. The number of hydrogen-bond donors (Lipinski definition) is 1. The van der Waals surface area contributed by atoms with Crippen LogP contribution in [0.1, 0.15) is 56.0 Å². The van der Waals surface area contributed by atoms with E-state index >= 15 is 0 Å². The molecule has 0 radical (unpaired) electrons. The molecule has 2 aromatic heterocycles. The second kappa shape index (κ2) is 9.35. The van der Waals surface area contributed by atoms with Crippen molar-refractivity contribution < 1.29 is 4.79 Å². The molecule has 0 spiro atoms. The van der Waals surface area contributed by atoms with E-state index in [-0.39, 0.29) is 18.5 Å². The molecule has 4 rings (SSSR count). The zero-order chi connectivity index (χ0) is 22.7. The quantitative estimate of drug-likeness (QED) is 0.406. The highest BCUT2D eigenvalue weighted by Crippen LogP contribution is 2.29. The highest BCUT2D eigenvalue weighted by Gasteiger charge is 2.18. The number of nitrogens with zero attached hydrogens (tertiary/aromatic N) is 3. The Labute approximate surface area is 189 Å². The van der Waals surface area contributed by atoms with Crippen LogP contribution in [0, 0.1) is 6.92 Å². The molecule has 0 saturated heterocycles. The number of nitrogens with one attached hydrogen (secondary N) is 1. The first-order chi connectivity index (χ1) is 15.5. The van der Waals surface area contributed by atoms with E-state index in [2.05, 4.69) is 72.6 Å². The number of rotatable bonds is 7. The molecule has 2 heterocycles. The molecular formula is C27H30N4O. The van der Waals surface area contributed by atoms with Crippen LogP contribution in [-0.4, -0.2) is 20.7 Å². The van der Waals surface area contributed by atoms with E-state index in [1.807, 2.05) is 31.2 Å². The van der Waals surface area contributed by atoms with E-state index in [0.29, 0.717) is 5.92 Å². The average Bonchev–Trinajstić information content (AvgIpc) is 3.13. The van der Waals surface area contributed by atoms with Crippen LogP contribution in [0.5, 0.6) is 0 Å². The lowest BCUT2D eigenvalue weighted by molar-refractivity contribution is -0.122.